The van der Waals surface area contributed by atoms with E-state index >= 15 is 0 Å². The van der Waals surface area contributed by atoms with Gasteiger partial charge in [0.2, 0.25) is 5.89 Å². The van der Waals surface area contributed by atoms with E-state index in [0.29, 0.717) is 28.6 Å². The van der Waals surface area contributed by atoms with Gasteiger partial charge in [0.1, 0.15) is 5.52 Å². The topological polar surface area (TPSA) is 141 Å². The van der Waals surface area contributed by atoms with Gasteiger partial charge in [0.05, 0.1) is 21.5 Å². The van der Waals surface area contributed by atoms with Crippen molar-refractivity contribution in [1.82, 2.24) is 4.98 Å². The maximum atomic E-state index is 12.7. The Morgan fingerprint density at radius 3 is 2.38 bits per heavy atom. The third kappa shape index (κ3) is 4.60. The summed E-state index contributed by atoms with van der Waals surface area (Å²) >= 11 is 0. The number of amides is 1. The van der Waals surface area contributed by atoms with Crippen molar-refractivity contribution >= 4 is 34.1 Å². The predicted molar refractivity (Wildman–Crippen MR) is 126 cm³/mol. The molecular formula is C24H20N4O6. The molecule has 0 fully saturated rings. The third-order valence-electron chi connectivity index (χ3n) is 5.55. The SMILES string of the molecule is CC[C@@H](C)c1ccc2oc(-c3cccc(NC(=O)c4cc([N+](=O)[O-])cc([N+](=O)[O-])c4)c3)nc2c1. The van der Waals surface area contributed by atoms with Crippen LogP contribution >= 0.6 is 0 Å². The van der Waals surface area contributed by atoms with Gasteiger partial charge >= 0.3 is 0 Å². The second-order valence-electron chi connectivity index (χ2n) is 7.84. The number of nitro groups is 2. The number of oxazole rings is 1. The summed E-state index contributed by atoms with van der Waals surface area (Å²) in [6.07, 6.45) is 1.01. The highest BCUT2D eigenvalue weighted by Crippen LogP contribution is 2.29. The van der Waals surface area contributed by atoms with Crippen LogP contribution in [0.2, 0.25) is 0 Å². The minimum absolute atomic E-state index is 0.203. The molecule has 1 heterocycles. The zero-order valence-corrected chi connectivity index (χ0v) is 18.3. The first-order chi connectivity index (χ1) is 16.2. The summed E-state index contributed by atoms with van der Waals surface area (Å²) in [5.41, 5.74) is 2.23. The molecule has 10 heteroatoms. The Morgan fingerprint density at radius 2 is 1.74 bits per heavy atom. The van der Waals surface area contributed by atoms with E-state index in [2.05, 4.69) is 24.1 Å². The molecule has 172 valence electrons. The number of benzene rings is 3. The van der Waals surface area contributed by atoms with Gasteiger partial charge in [0.15, 0.2) is 5.58 Å². The lowest BCUT2D eigenvalue weighted by molar-refractivity contribution is -0.394. The van der Waals surface area contributed by atoms with Gasteiger partial charge in [0.25, 0.3) is 17.3 Å². The van der Waals surface area contributed by atoms with Crippen LogP contribution in [0.5, 0.6) is 0 Å². The highest BCUT2D eigenvalue weighted by molar-refractivity contribution is 6.05. The third-order valence-corrected chi connectivity index (χ3v) is 5.55. The van der Waals surface area contributed by atoms with Crippen molar-refractivity contribution in [2.75, 3.05) is 5.32 Å². The molecule has 0 spiro atoms. The van der Waals surface area contributed by atoms with Gasteiger partial charge in [0, 0.05) is 23.4 Å². The standard InChI is InChI=1S/C24H20N4O6/c1-3-14(2)15-7-8-22-21(12-15)26-24(34-22)16-5-4-6-18(9-16)25-23(29)17-10-19(27(30)31)13-20(11-17)28(32)33/h4-14H,3H2,1-2H3,(H,25,29)/t14-/m1/s1. The number of carbonyl (C=O) groups is 1. The number of nitrogens with one attached hydrogen (secondary N) is 1. The molecule has 10 nitrogen and oxygen atoms in total. The molecule has 4 rings (SSSR count). The van der Waals surface area contributed by atoms with Crippen molar-refractivity contribution in [3.63, 3.8) is 0 Å². The molecule has 1 aromatic heterocycles. The van der Waals surface area contributed by atoms with Crippen LogP contribution in [0, 0.1) is 20.2 Å². The smallest absolute Gasteiger partial charge is 0.277 e. The Bertz CT molecular complexity index is 1400. The van der Waals surface area contributed by atoms with Gasteiger partial charge in [-0.2, -0.15) is 0 Å². The van der Waals surface area contributed by atoms with Gasteiger partial charge < -0.3 is 9.73 Å². The number of rotatable bonds is 7. The fourth-order valence-electron chi connectivity index (χ4n) is 3.48. The fourth-order valence-corrected chi connectivity index (χ4v) is 3.48. The lowest BCUT2D eigenvalue weighted by atomic mass is 9.98. The first kappa shape index (κ1) is 22.6. The molecule has 1 N–H and O–H groups in total. The molecule has 1 amide bonds. The molecule has 0 aliphatic heterocycles. The molecule has 1 atom stereocenters. The Hall–Kier alpha value is -4.60. The first-order valence-corrected chi connectivity index (χ1v) is 10.5. The van der Waals surface area contributed by atoms with Crippen molar-refractivity contribution in [2.45, 2.75) is 26.2 Å². The number of non-ortho nitro benzene ring substituents is 2. The molecule has 0 aliphatic carbocycles. The molecule has 34 heavy (non-hydrogen) atoms. The molecular weight excluding hydrogens is 440 g/mol. The van der Waals surface area contributed by atoms with E-state index in [-0.39, 0.29) is 5.56 Å². The summed E-state index contributed by atoms with van der Waals surface area (Å²) in [5.74, 6) is 0.0471. The van der Waals surface area contributed by atoms with E-state index in [1.807, 2.05) is 18.2 Å². The number of fused-ring (bicyclic) bond motifs is 1. The number of aromatic nitrogens is 1. The van der Waals surface area contributed by atoms with Crippen molar-refractivity contribution in [3.8, 4) is 11.5 Å². The zero-order chi connectivity index (χ0) is 24.4. The minimum Gasteiger partial charge on any atom is -0.436 e. The number of hydrogen-bond acceptors (Lipinski definition) is 7. The minimum atomic E-state index is -0.787. The normalized spacial score (nSPS) is 11.8. The quantitative estimate of drug-likeness (QED) is 0.260. The molecule has 0 saturated carbocycles. The van der Waals surface area contributed by atoms with Crippen LogP contribution in [0.15, 0.2) is 65.1 Å². The van der Waals surface area contributed by atoms with Gasteiger partial charge in [-0.15, -0.1) is 0 Å². The fraction of sp³-hybridized carbons (Fsp3) is 0.167. The highest BCUT2D eigenvalue weighted by Gasteiger charge is 2.20. The summed E-state index contributed by atoms with van der Waals surface area (Å²) in [4.78, 5) is 37.9. The van der Waals surface area contributed by atoms with Gasteiger partial charge in [-0.1, -0.05) is 26.0 Å². The Balaban J connectivity index is 1.62. The molecule has 0 aliphatic rings. The average Bonchev–Trinajstić information content (AvgIpc) is 3.27. The zero-order valence-electron chi connectivity index (χ0n) is 18.3. The molecule has 3 aromatic carbocycles. The predicted octanol–water partition coefficient (Wildman–Crippen LogP) is 6.08. The maximum Gasteiger partial charge on any atom is 0.277 e. The Labute approximate surface area is 193 Å². The summed E-state index contributed by atoms with van der Waals surface area (Å²) in [7, 11) is 0. The number of hydrogen-bond donors (Lipinski definition) is 1. The number of nitrogens with zero attached hydrogens (tertiary/aromatic N) is 3. The highest BCUT2D eigenvalue weighted by atomic mass is 16.6. The van der Waals surface area contributed by atoms with E-state index in [1.165, 1.54) is 5.56 Å². The Kier molecular flexibility index (Phi) is 6.05. The van der Waals surface area contributed by atoms with Crippen LogP contribution in [0.25, 0.3) is 22.6 Å². The molecule has 0 bridgehead atoms. The van der Waals surface area contributed by atoms with Gasteiger partial charge in [-0.25, -0.2) is 4.98 Å². The van der Waals surface area contributed by atoms with Crippen LogP contribution in [-0.4, -0.2) is 20.7 Å². The van der Waals surface area contributed by atoms with E-state index in [1.54, 1.807) is 24.3 Å². The monoisotopic (exact) mass is 460 g/mol. The summed E-state index contributed by atoms with van der Waals surface area (Å²) in [5, 5.41) is 24.8. The number of anilines is 1. The summed E-state index contributed by atoms with van der Waals surface area (Å²) in [6.45, 7) is 4.26. The molecule has 0 unspecified atom stereocenters. The second kappa shape index (κ2) is 9.10. The van der Waals surface area contributed by atoms with Crippen molar-refractivity contribution in [1.29, 1.82) is 0 Å². The Morgan fingerprint density at radius 1 is 1.03 bits per heavy atom. The van der Waals surface area contributed by atoms with Crippen LogP contribution in [0.4, 0.5) is 17.1 Å². The largest absolute Gasteiger partial charge is 0.436 e. The van der Waals surface area contributed by atoms with Crippen molar-refractivity contribution in [3.05, 3.63) is 92.0 Å². The number of carbonyl (C=O) groups excluding carboxylic acids is 1. The van der Waals surface area contributed by atoms with Crippen LogP contribution < -0.4 is 5.32 Å². The molecule has 0 radical (unpaired) electrons. The van der Waals surface area contributed by atoms with E-state index in [9.17, 15) is 25.0 Å². The summed E-state index contributed by atoms with van der Waals surface area (Å²) < 4.78 is 5.88. The van der Waals surface area contributed by atoms with Gasteiger partial charge in [-0.3, -0.25) is 25.0 Å². The van der Waals surface area contributed by atoms with E-state index < -0.39 is 27.1 Å². The lowest BCUT2D eigenvalue weighted by Crippen LogP contribution is -2.12. The van der Waals surface area contributed by atoms with Crippen LogP contribution in [-0.2, 0) is 0 Å². The second-order valence-corrected chi connectivity index (χ2v) is 7.84. The van der Waals surface area contributed by atoms with E-state index in [4.69, 9.17) is 4.42 Å². The van der Waals surface area contributed by atoms with Crippen LogP contribution in [0.1, 0.15) is 42.1 Å². The van der Waals surface area contributed by atoms with Crippen LogP contribution in [0.3, 0.4) is 0 Å². The molecule has 4 aromatic rings. The lowest BCUT2D eigenvalue weighted by Gasteiger charge is -2.07. The van der Waals surface area contributed by atoms with Crippen molar-refractivity contribution in [2.24, 2.45) is 0 Å². The average molecular weight is 460 g/mol. The van der Waals surface area contributed by atoms with Gasteiger partial charge in [-0.05, 0) is 48.2 Å². The summed E-state index contributed by atoms with van der Waals surface area (Å²) in [6, 6.07) is 15.4. The first-order valence-electron chi connectivity index (χ1n) is 10.5. The van der Waals surface area contributed by atoms with E-state index in [0.717, 1.165) is 30.1 Å². The molecule has 0 saturated heterocycles. The maximum absolute atomic E-state index is 12.7. The number of nitro benzene ring substituents is 2. The van der Waals surface area contributed by atoms with Crippen molar-refractivity contribution < 1.29 is 19.1 Å².